The van der Waals surface area contributed by atoms with Crippen molar-refractivity contribution in [3.8, 4) is 17.6 Å². The van der Waals surface area contributed by atoms with Crippen molar-refractivity contribution in [2.75, 3.05) is 13.7 Å². The van der Waals surface area contributed by atoms with Gasteiger partial charge in [-0.05, 0) is 18.1 Å². The Morgan fingerprint density at radius 2 is 2.38 bits per heavy atom. The Hall–Kier alpha value is -2.02. The topological polar surface area (TPSA) is 51.2 Å². The van der Waals surface area contributed by atoms with E-state index in [1.807, 2.05) is 6.07 Å². The lowest BCUT2D eigenvalue weighted by atomic mass is 10.3. The molecule has 4 nitrogen and oxygen atoms in total. The van der Waals surface area contributed by atoms with Crippen LogP contribution in [0, 0.1) is 11.8 Å². The van der Waals surface area contributed by atoms with Gasteiger partial charge in [0.15, 0.2) is 0 Å². The van der Waals surface area contributed by atoms with Crippen molar-refractivity contribution in [3.05, 3.63) is 24.0 Å². The highest BCUT2D eigenvalue weighted by molar-refractivity contribution is 5.72. The minimum absolute atomic E-state index is 0.0376. The van der Waals surface area contributed by atoms with Crippen LogP contribution in [0.4, 0.5) is 0 Å². The van der Waals surface area contributed by atoms with Gasteiger partial charge < -0.3 is 10.1 Å². The maximum Gasteiger partial charge on any atom is 0.216 e. The van der Waals surface area contributed by atoms with Crippen LogP contribution in [0.3, 0.4) is 0 Å². The molecule has 0 aromatic carbocycles. The number of hydrogen-bond acceptors (Lipinski definition) is 3. The molecule has 1 heterocycles. The van der Waals surface area contributed by atoms with E-state index in [2.05, 4.69) is 22.1 Å². The van der Waals surface area contributed by atoms with Crippen LogP contribution in [0.5, 0.6) is 5.75 Å². The Morgan fingerprint density at radius 3 is 2.94 bits per heavy atom. The van der Waals surface area contributed by atoms with Crippen LogP contribution in [-0.2, 0) is 4.79 Å². The van der Waals surface area contributed by atoms with Gasteiger partial charge in [-0.1, -0.05) is 5.92 Å². The van der Waals surface area contributed by atoms with Crippen molar-refractivity contribution in [1.82, 2.24) is 10.3 Å². The molecule has 1 amide bonds. The van der Waals surface area contributed by atoms with Crippen molar-refractivity contribution < 1.29 is 9.53 Å². The number of hydrogen-bond donors (Lipinski definition) is 1. The molecule has 1 aromatic heterocycles. The maximum absolute atomic E-state index is 10.6. The monoisotopic (exact) mass is 218 g/mol. The summed E-state index contributed by atoms with van der Waals surface area (Å²) in [5, 5.41) is 2.67. The molecule has 1 aromatic rings. The summed E-state index contributed by atoms with van der Waals surface area (Å²) in [6.45, 7) is 2.05. The van der Waals surface area contributed by atoms with Crippen molar-refractivity contribution in [2.45, 2.75) is 13.3 Å². The Balaban J connectivity index is 2.41. The van der Waals surface area contributed by atoms with Gasteiger partial charge in [0.2, 0.25) is 5.91 Å². The minimum Gasteiger partial charge on any atom is -0.495 e. The van der Waals surface area contributed by atoms with Gasteiger partial charge in [-0.2, -0.15) is 0 Å². The number of ether oxygens (including phenoxy) is 1. The first-order chi connectivity index (χ1) is 7.72. The van der Waals surface area contributed by atoms with Crippen molar-refractivity contribution in [1.29, 1.82) is 0 Å². The van der Waals surface area contributed by atoms with Gasteiger partial charge in [0.25, 0.3) is 0 Å². The molecule has 0 unspecified atom stereocenters. The summed E-state index contributed by atoms with van der Waals surface area (Å²) >= 11 is 0. The van der Waals surface area contributed by atoms with E-state index < -0.39 is 0 Å². The van der Waals surface area contributed by atoms with Crippen LogP contribution in [0.1, 0.15) is 19.0 Å². The molecule has 0 saturated heterocycles. The predicted octanol–water partition coefficient (Wildman–Crippen LogP) is 0.968. The number of nitrogens with one attached hydrogen (secondary N) is 1. The Labute approximate surface area is 95.0 Å². The average Bonchev–Trinajstić information content (AvgIpc) is 2.29. The molecule has 1 N–H and O–H groups in total. The van der Waals surface area contributed by atoms with E-state index in [9.17, 15) is 4.79 Å². The molecule has 84 valence electrons. The fourth-order valence-corrected chi connectivity index (χ4v) is 1.03. The summed E-state index contributed by atoms with van der Waals surface area (Å²) in [5.74, 6) is 6.50. The molecule has 0 spiro atoms. The number of nitrogens with zero attached hydrogens (tertiary/aromatic N) is 1. The molecule has 0 fully saturated rings. The lowest BCUT2D eigenvalue weighted by Crippen LogP contribution is -2.20. The largest absolute Gasteiger partial charge is 0.495 e. The smallest absolute Gasteiger partial charge is 0.216 e. The summed E-state index contributed by atoms with van der Waals surface area (Å²) < 4.78 is 4.98. The van der Waals surface area contributed by atoms with Crippen LogP contribution in [-0.4, -0.2) is 24.5 Å². The number of carbonyl (C=O) groups excluding carboxylic acids is 1. The molecule has 0 saturated carbocycles. The second-order valence-corrected chi connectivity index (χ2v) is 3.12. The lowest BCUT2D eigenvalue weighted by molar-refractivity contribution is -0.118. The fraction of sp³-hybridized carbons (Fsp3) is 0.333. The quantitative estimate of drug-likeness (QED) is 0.607. The Morgan fingerprint density at radius 1 is 1.56 bits per heavy atom. The van der Waals surface area contributed by atoms with Gasteiger partial charge in [0.05, 0.1) is 13.3 Å². The molecular weight excluding hydrogens is 204 g/mol. The number of aromatic nitrogens is 1. The van der Waals surface area contributed by atoms with Gasteiger partial charge in [-0.15, -0.1) is 0 Å². The molecule has 0 aliphatic rings. The van der Waals surface area contributed by atoms with Gasteiger partial charge in [-0.25, -0.2) is 4.98 Å². The van der Waals surface area contributed by atoms with Crippen LogP contribution in [0.2, 0.25) is 0 Å². The van der Waals surface area contributed by atoms with Crippen molar-refractivity contribution >= 4 is 5.91 Å². The zero-order valence-electron chi connectivity index (χ0n) is 9.41. The van der Waals surface area contributed by atoms with Crippen LogP contribution in [0.25, 0.3) is 0 Å². The van der Waals surface area contributed by atoms with Gasteiger partial charge >= 0.3 is 0 Å². The standard InChI is InChI=1S/C12H14N2O2/c1-10(15)13-8-4-3-5-11-6-7-12(16-2)9-14-11/h6-7,9H,4,8H2,1-2H3,(H,13,15). The molecule has 4 heteroatoms. The van der Waals surface area contributed by atoms with Crippen molar-refractivity contribution in [3.63, 3.8) is 0 Å². The molecular formula is C12H14N2O2. The SMILES string of the molecule is COc1ccc(C#CCCNC(C)=O)nc1. The Bertz CT molecular complexity index is 401. The van der Waals surface area contributed by atoms with E-state index in [0.717, 1.165) is 0 Å². The number of pyridine rings is 1. The van der Waals surface area contributed by atoms with Crippen LogP contribution >= 0.6 is 0 Å². The van der Waals surface area contributed by atoms with E-state index in [1.165, 1.54) is 6.92 Å². The molecule has 16 heavy (non-hydrogen) atoms. The Kier molecular flexibility index (Phi) is 4.87. The molecule has 1 rings (SSSR count). The number of rotatable bonds is 3. The summed E-state index contributed by atoms with van der Waals surface area (Å²) in [7, 11) is 1.59. The fourth-order valence-electron chi connectivity index (χ4n) is 1.03. The minimum atomic E-state index is -0.0376. The highest BCUT2D eigenvalue weighted by atomic mass is 16.5. The van der Waals surface area contributed by atoms with E-state index >= 15 is 0 Å². The summed E-state index contributed by atoms with van der Waals surface area (Å²) in [4.78, 5) is 14.7. The third-order valence-corrected chi connectivity index (χ3v) is 1.81. The predicted molar refractivity (Wildman–Crippen MR) is 61.0 cm³/mol. The van der Waals surface area contributed by atoms with E-state index in [1.54, 1.807) is 19.4 Å². The second kappa shape index (κ2) is 6.46. The highest BCUT2D eigenvalue weighted by Crippen LogP contribution is 2.06. The second-order valence-electron chi connectivity index (χ2n) is 3.12. The molecule has 0 aliphatic heterocycles. The third kappa shape index (κ3) is 4.47. The van der Waals surface area contributed by atoms with Gasteiger partial charge in [0.1, 0.15) is 11.4 Å². The van der Waals surface area contributed by atoms with Gasteiger partial charge in [0, 0.05) is 19.9 Å². The highest BCUT2D eigenvalue weighted by Gasteiger charge is 1.91. The molecule has 0 bridgehead atoms. The number of amides is 1. The zero-order chi connectivity index (χ0) is 11.8. The summed E-state index contributed by atoms with van der Waals surface area (Å²) in [5.41, 5.74) is 0.698. The normalized spacial score (nSPS) is 8.88. The van der Waals surface area contributed by atoms with Crippen LogP contribution < -0.4 is 10.1 Å². The molecule has 0 atom stereocenters. The number of carbonyl (C=O) groups is 1. The van der Waals surface area contributed by atoms with Crippen molar-refractivity contribution in [2.24, 2.45) is 0 Å². The summed E-state index contributed by atoms with van der Waals surface area (Å²) in [6.07, 6.45) is 2.24. The van der Waals surface area contributed by atoms with E-state index in [4.69, 9.17) is 4.74 Å². The average molecular weight is 218 g/mol. The maximum atomic E-state index is 10.6. The van der Waals surface area contributed by atoms with E-state index in [0.29, 0.717) is 24.4 Å². The molecule has 0 radical (unpaired) electrons. The first kappa shape index (κ1) is 12.1. The third-order valence-electron chi connectivity index (χ3n) is 1.81. The summed E-state index contributed by atoms with van der Waals surface area (Å²) in [6, 6.07) is 3.61. The first-order valence-electron chi connectivity index (χ1n) is 4.95. The van der Waals surface area contributed by atoms with E-state index in [-0.39, 0.29) is 5.91 Å². The van der Waals surface area contributed by atoms with Crippen LogP contribution in [0.15, 0.2) is 18.3 Å². The first-order valence-corrected chi connectivity index (χ1v) is 4.95. The zero-order valence-corrected chi connectivity index (χ0v) is 9.41. The molecule has 0 aliphatic carbocycles. The number of methoxy groups -OCH3 is 1. The van der Waals surface area contributed by atoms with Gasteiger partial charge in [-0.3, -0.25) is 4.79 Å². The lowest BCUT2D eigenvalue weighted by Gasteiger charge is -1.97.